The van der Waals surface area contributed by atoms with E-state index in [1.165, 1.54) is 24.3 Å². The molecule has 5 heteroatoms. The van der Waals surface area contributed by atoms with Crippen LogP contribution in [0.5, 0.6) is 0 Å². The molecule has 0 heterocycles. The Bertz CT molecular complexity index is 349. The van der Waals surface area contributed by atoms with Crippen molar-refractivity contribution in [3.8, 4) is 0 Å². The summed E-state index contributed by atoms with van der Waals surface area (Å²) in [5.74, 6) is -0.931. The molecule has 1 rings (SSSR count). The molecule has 0 fully saturated rings. The Morgan fingerprint density at radius 1 is 1.19 bits per heavy atom. The van der Waals surface area contributed by atoms with Crippen molar-refractivity contribution in [3.63, 3.8) is 0 Å². The third-order valence-corrected chi connectivity index (χ3v) is 2.15. The van der Waals surface area contributed by atoms with Crippen molar-refractivity contribution < 1.29 is 23.1 Å². The first-order valence-corrected chi connectivity index (χ1v) is 4.73. The molecule has 0 spiro atoms. The Labute approximate surface area is 90.7 Å². The molecule has 0 radical (unpaired) electrons. The third-order valence-electron chi connectivity index (χ3n) is 2.15. The van der Waals surface area contributed by atoms with E-state index in [4.69, 9.17) is 5.11 Å². The van der Waals surface area contributed by atoms with Crippen LogP contribution in [0.3, 0.4) is 0 Å². The number of carboxylic acid groups (broad SMARTS) is 1. The largest absolute Gasteiger partial charge is 0.481 e. The Kier molecular flexibility index (Phi) is 4.34. The number of alkyl halides is 3. The van der Waals surface area contributed by atoms with E-state index in [9.17, 15) is 18.0 Å². The number of aliphatic carboxylic acids is 1. The van der Waals surface area contributed by atoms with E-state index >= 15 is 0 Å². The lowest BCUT2D eigenvalue weighted by Crippen LogP contribution is -2.03. The lowest BCUT2D eigenvalue weighted by molar-refractivity contribution is -0.136. The number of aryl methyl sites for hydroxylation is 1. The van der Waals surface area contributed by atoms with Crippen LogP contribution in [0.2, 0.25) is 0 Å². The van der Waals surface area contributed by atoms with Gasteiger partial charge in [0, 0.05) is 6.42 Å². The second-order valence-electron chi connectivity index (χ2n) is 3.37. The molecule has 0 bridgehead atoms. The Hall–Kier alpha value is -1.52. The normalized spacial score (nSPS) is 12.8. The monoisotopic (exact) mass is 232 g/mol. The number of halogens is 3. The van der Waals surface area contributed by atoms with Gasteiger partial charge < -0.3 is 5.11 Å². The molecule has 0 aliphatic rings. The minimum atomic E-state index is -3.04. The maximum atomic E-state index is 12.9. The van der Waals surface area contributed by atoms with Crippen molar-refractivity contribution in [2.24, 2.45) is 0 Å². The van der Waals surface area contributed by atoms with Gasteiger partial charge in [0.25, 0.3) is 6.43 Å². The minimum absolute atomic E-state index is 0.0345. The number of rotatable bonds is 5. The van der Waals surface area contributed by atoms with Gasteiger partial charge in [-0.2, -0.15) is 0 Å². The molecule has 1 unspecified atom stereocenters. The second kappa shape index (κ2) is 5.53. The number of carboxylic acids is 1. The highest BCUT2D eigenvalue weighted by Crippen LogP contribution is 2.24. The summed E-state index contributed by atoms with van der Waals surface area (Å²) in [6.07, 6.45) is -5.05. The van der Waals surface area contributed by atoms with E-state index in [0.29, 0.717) is 12.0 Å². The van der Waals surface area contributed by atoms with Gasteiger partial charge in [-0.15, -0.1) is 0 Å². The highest BCUT2D eigenvalue weighted by molar-refractivity contribution is 5.67. The fourth-order valence-electron chi connectivity index (χ4n) is 1.26. The fourth-order valence-corrected chi connectivity index (χ4v) is 1.26. The van der Waals surface area contributed by atoms with Crippen LogP contribution in [0.25, 0.3) is 0 Å². The smallest absolute Gasteiger partial charge is 0.303 e. The summed E-state index contributed by atoms with van der Waals surface area (Å²) >= 11 is 0. The zero-order valence-electron chi connectivity index (χ0n) is 8.37. The number of carbonyl (C=O) groups is 1. The van der Waals surface area contributed by atoms with Gasteiger partial charge in [-0.05, 0) is 17.5 Å². The summed E-state index contributed by atoms with van der Waals surface area (Å²) in [6, 6.07) is 5.45. The van der Waals surface area contributed by atoms with E-state index in [0.717, 1.165) is 0 Å². The van der Waals surface area contributed by atoms with E-state index in [-0.39, 0.29) is 12.0 Å². The average Bonchev–Trinajstić information content (AvgIpc) is 2.26. The predicted molar refractivity (Wildman–Crippen MR) is 52.3 cm³/mol. The molecule has 0 saturated heterocycles. The van der Waals surface area contributed by atoms with E-state index in [1.54, 1.807) is 0 Å². The van der Waals surface area contributed by atoms with Crippen LogP contribution in [0.1, 0.15) is 23.7 Å². The van der Waals surface area contributed by atoms with Gasteiger partial charge in [0.2, 0.25) is 0 Å². The van der Waals surface area contributed by atoms with Crippen molar-refractivity contribution >= 4 is 5.97 Å². The Morgan fingerprint density at radius 3 is 2.19 bits per heavy atom. The molecule has 88 valence electrons. The summed E-state index contributed by atoms with van der Waals surface area (Å²) in [6.45, 7) is 0. The van der Waals surface area contributed by atoms with Gasteiger partial charge in [-0.3, -0.25) is 4.79 Å². The number of hydrogen-bond acceptors (Lipinski definition) is 1. The van der Waals surface area contributed by atoms with Crippen LogP contribution in [0.15, 0.2) is 24.3 Å². The van der Waals surface area contributed by atoms with Crippen LogP contribution in [0.4, 0.5) is 13.2 Å². The predicted octanol–water partition coefficient (Wildman–Crippen LogP) is 2.98. The third kappa shape index (κ3) is 3.56. The maximum Gasteiger partial charge on any atom is 0.303 e. The second-order valence-corrected chi connectivity index (χ2v) is 3.37. The molecular weight excluding hydrogens is 221 g/mol. The topological polar surface area (TPSA) is 37.3 Å². The molecule has 1 N–H and O–H groups in total. The number of benzene rings is 1. The molecular formula is C11H11F3O2. The first-order chi connectivity index (χ1) is 7.50. The first kappa shape index (κ1) is 12.5. The van der Waals surface area contributed by atoms with Gasteiger partial charge in [0.15, 0.2) is 6.17 Å². The molecule has 0 amide bonds. The molecule has 16 heavy (non-hydrogen) atoms. The van der Waals surface area contributed by atoms with Crippen molar-refractivity contribution in [2.75, 3.05) is 0 Å². The first-order valence-electron chi connectivity index (χ1n) is 4.73. The molecule has 1 aromatic rings. The maximum absolute atomic E-state index is 12.9. The van der Waals surface area contributed by atoms with Gasteiger partial charge in [0.05, 0.1) is 0 Å². The van der Waals surface area contributed by atoms with E-state index in [2.05, 4.69) is 0 Å². The molecule has 1 atom stereocenters. The van der Waals surface area contributed by atoms with Gasteiger partial charge in [-0.1, -0.05) is 24.3 Å². The van der Waals surface area contributed by atoms with Gasteiger partial charge in [-0.25, -0.2) is 13.2 Å². The lowest BCUT2D eigenvalue weighted by atomic mass is 10.1. The highest BCUT2D eigenvalue weighted by atomic mass is 19.3. The summed E-state index contributed by atoms with van der Waals surface area (Å²) in [5.41, 5.74) is 0.599. The SMILES string of the molecule is O=C(O)CCc1ccc(C(F)C(F)F)cc1. The van der Waals surface area contributed by atoms with Crippen molar-refractivity contribution in [2.45, 2.75) is 25.4 Å². The quantitative estimate of drug-likeness (QED) is 0.847. The molecule has 2 nitrogen and oxygen atoms in total. The van der Waals surface area contributed by atoms with Crippen molar-refractivity contribution in [1.82, 2.24) is 0 Å². The van der Waals surface area contributed by atoms with E-state index in [1.807, 2.05) is 0 Å². The van der Waals surface area contributed by atoms with Crippen LogP contribution in [0, 0.1) is 0 Å². The Morgan fingerprint density at radius 2 is 1.75 bits per heavy atom. The van der Waals surface area contributed by atoms with Crippen LogP contribution < -0.4 is 0 Å². The van der Waals surface area contributed by atoms with Crippen LogP contribution >= 0.6 is 0 Å². The van der Waals surface area contributed by atoms with Gasteiger partial charge in [0.1, 0.15) is 0 Å². The standard InChI is InChI=1S/C11H11F3O2/c12-10(11(13)14)8-4-1-7(2-5-8)3-6-9(15)16/h1-2,4-5,10-11H,3,6H2,(H,15,16). The average molecular weight is 232 g/mol. The van der Waals surface area contributed by atoms with Crippen LogP contribution in [-0.2, 0) is 11.2 Å². The molecule has 1 aromatic carbocycles. The summed E-state index contributed by atoms with van der Waals surface area (Å²) in [4.78, 5) is 10.3. The minimum Gasteiger partial charge on any atom is -0.481 e. The van der Waals surface area contributed by atoms with Crippen molar-refractivity contribution in [1.29, 1.82) is 0 Å². The zero-order chi connectivity index (χ0) is 12.1. The fraction of sp³-hybridized carbons (Fsp3) is 0.364. The van der Waals surface area contributed by atoms with Crippen molar-refractivity contribution in [3.05, 3.63) is 35.4 Å². The molecule has 0 aromatic heterocycles. The van der Waals surface area contributed by atoms with Gasteiger partial charge >= 0.3 is 5.97 Å². The summed E-state index contributed by atoms with van der Waals surface area (Å²) in [7, 11) is 0. The number of hydrogen-bond donors (Lipinski definition) is 1. The summed E-state index contributed by atoms with van der Waals surface area (Å²) in [5, 5.41) is 8.43. The highest BCUT2D eigenvalue weighted by Gasteiger charge is 2.20. The lowest BCUT2D eigenvalue weighted by Gasteiger charge is -2.07. The van der Waals surface area contributed by atoms with E-state index < -0.39 is 18.6 Å². The Balaban J connectivity index is 2.64. The molecule has 0 aliphatic carbocycles. The molecule has 0 saturated carbocycles. The van der Waals surface area contributed by atoms with Crippen LogP contribution in [-0.4, -0.2) is 17.5 Å². The molecule has 0 aliphatic heterocycles. The summed E-state index contributed by atoms with van der Waals surface area (Å²) < 4.78 is 36.9. The zero-order valence-corrected chi connectivity index (χ0v) is 8.37.